The molecule has 2 atom stereocenters. The van der Waals surface area contributed by atoms with Crippen molar-refractivity contribution in [1.82, 2.24) is 4.90 Å². The van der Waals surface area contributed by atoms with Crippen LogP contribution < -0.4 is 0 Å². The molecule has 2 aliphatic heterocycles. The Morgan fingerprint density at radius 1 is 1.53 bits per heavy atom. The van der Waals surface area contributed by atoms with Crippen molar-refractivity contribution in [3.05, 3.63) is 11.6 Å². The Kier molecular flexibility index (Phi) is 2.61. The summed E-state index contributed by atoms with van der Waals surface area (Å²) < 4.78 is 5.41. The third kappa shape index (κ3) is 1.81. The molecule has 0 aromatic rings. The van der Waals surface area contributed by atoms with Gasteiger partial charge < -0.3 is 4.74 Å². The zero-order valence-corrected chi connectivity index (χ0v) is 9.03. The minimum absolute atomic E-state index is 0.145. The first-order valence-corrected chi connectivity index (χ1v) is 5.25. The second kappa shape index (κ2) is 3.77. The number of rotatable bonds is 2. The molecule has 0 aromatic carbocycles. The molecule has 2 unspecified atom stereocenters. The monoisotopic (exact) mass is 209 g/mol. The van der Waals surface area contributed by atoms with Crippen LogP contribution in [0.15, 0.2) is 11.6 Å². The van der Waals surface area contributed by atoms with Crippen molar-refractivity contribution >= 4 is 11.8 Å². The van der Waals surface area contributed by atoms with Gasteiger partial charge in [-0.25, -0.2) is 0 Å². The van der Waals surface area contributed by atoms with E-state index in [-0.39, 0.29) is 23.8 Å². The summed E-state index contributed by atoms with van der Waals surface area (Å²) in [6.45, 7) is 4.89. The molecular weight excluding hydrogens is 194 g/mol. The van der Waals surface area contributed by atoms with Gasteiger partial charge in [-0.3, -0.25) is 14.5 Å². The summed E-state index contributed by atoms with van der Waals surface area (Å²) in [6.07, 6.45) is 2.48. The number of nitrogens with zero attached hydrogens (tertiary/aromatic N) is 1. The van der Waals surface area contributed by atoms with Crippen LogP contribution in [-0.4, -0.2) is 36.0 Å². The first kappa shape index (κ1) is 10.4. The van der Waals surface area contributed by atoms with Crippen molar-refractivity contribution in [3.8, 4) is 0 Å². The number of hydrogen-bond donors (Lipinski definition) is 0. The number of ether oxygens (including phenoxy) is 1. The molecule has 82 valence electrons. The van der Waals surface area contributed by atoms with Crippen molar-refractivity contribution in [2.45, 2.75) is 26.4 Å². The lowest BCUT2D eigenvalue weighted by Crippen LogP contribution is -2.37. The van der Waals surface area contributed by atoms with Crippen LogP contribution >= 0.6 is 0 Å². The molecule has 0 spiro atoms. The fraction of sp³-hybridized carbons (Fsp3) is 0.636. The highest BCUT2D eigenvalue weighted by molar-refractivity contribution is 6.15. The molecule has 0 saturated carbocycles. The molecule has 0 radical (unpaired) electrons. The lowest BCUT2D eigenvalue weighted by atomic mass is 10.0. The molecular formula is C11H15NO3. The predicted octanol–water partition coefficient (Wildman–Crippen LogP) is 0.727. The van der Waals surface area contributed by atoms with E-state index in [1.54, 1.807) is 6.92 Å². The average Bonchev–Trinajstić information content (AvgIpc) is 2.67. The second-order valence-electron chi connectivity index (χ2n) is 4.21. The van der Waals surface area contributed by atoms with Crippen LogP contribution in [-0.2, 0) is 14.3 Å². The Balaban J connectivity index is 2.01. The van der Waals surface area contributed by atoms with E-state index in [0.717, 1.165) is 13.0 Å². The van der Waals surface area contributed by atoms with Gasteiger partial charge in [-0.05, 0) is 20.3 Å². The van der Waals surface area contributed by atoms with Crippen LogP contribution in [0.5, 0.6) is 0 Å². The normalized spacial score (nSPS) is 31.3. The Morgan fingerprint density at radius 2 is 2.27 bits per heavy atom. The van der Waals surface area contributed by atoms with Gasteiger partial charge >= 0.3 is 0 Å². The summed E-state index contributed by atoms with van der Waals surface area (Å²) in [5.74, 6) is -0.0482. The summed E-state index contributed by atoms with van der Waals surface area (Å²) in [4.78, 5) is 24.4. The van der Waals surface area contributed by atoms with Crippen LogP contribution in [0.25, 0.3) is 0 Å². The maximum Gasteiger partial charge on any atom is 0.256 e. The Hall–Kier alpha value is -1.16. The van der Waals surface area contributed by atoms with Gasteiger partial charge in [0, 0.05) is 30.7 Å². The van der Waals surface area contributed by atoms with E-state index >= 15 is 0 Å². The molecule has 4 nitrogen and oxygen atoms in total. The lowest BCUT2D eigenvalue weighted by molar-refractivity contribution is -0.138. The van der Waals surface area contributed by atoms with Gasteiger partial charge in [0.1, 0.15) is 0 Å². The molecule has 1 saturated heterocycles. The first-order valence-electron chi connectivity index (χ1n) is 5.25. The molecule has 0 N–H and O–H groups in total. The highest BCUT2D eigenvalue weighted by Crippen LogP contribution is 2.23. The Bertz CT molecular complexity index is 335. The quantitative estimate of drug-likeness (QED) is 0.630. The first-order chi connectivity index (χ1) is 7.09. The second-order valence-corrected chi connectivity index (χ2v) is 4.21. The molecule has 2 heterocycles. The molecule has 2 aliphatic rings. The van der Waals surface area contributed by atoms with Crippen molar-refractivity contribution < 1.29 is 14.3 Å². The van der Waals surface area contributed by atoms with E-state index in [2.05, 4.69) is 0 Å². The molecule has 2 rings (SSSR count). The van der Waals surface area contributed by atoms with E-state index in [1.165, 1.54) is 11.0 Å². The number of imide groups is 1. The molecule has 0 aliphatic carbocycles. The topological polar surface area (TPSA) is 46.6 Å². The van der Waals surface area contributed by atoms with E-state index in [1.807, 2.05) is 6.92 Å². The summed E-state index contributed by atoms with van der Waals surface area (Å²) in [5.41, 5.74) is 0.534. The predicted molar refractivity (Wildman–Crippen MR) is 54.0 cm³/mol. The van der Waals surface area contributed by atoms with E-state index in [4.69, 9.17) is 4.74 Å². The zero-order valence-electron chi connectivity index (χ0n) is 9.03. The maximum absolute atomic E-state index is 11.6. The highest BCUT2D eigenvalue weighted by atomic mass is 16.5. The van der Waals surface area contributed by atoms with Gasteiger partial charge in [0.15, 0.2) is 0 Å². The summed E-state index contributed by atoms with van der Waals surface area (Å²) in [5, 5.41) is 0. The van der Waals surface area contributed by atoms with Crippen molar-refractivity contribution in [1.29, 1.82) is 0 Å². The fourth-order valence-corrected chi connectivity index (χ4v) is 2.06. The summed E-state index contributed by atoms with van der Waals surface area (Å²) in [6, 6.07) is 0. The average molecular weight is 209 g/mol. The van der Waals surface area contributed by atoms with E-state index in [0.29, 0.717) is 12.1 Å². The van der Waals surface area contributed by atoms with Gasteiger partial charge in [-0.1, -0.05) is 0 Å². The van der Waals surface area contributed by atoms with Crippen LogP contribution in [0.1, 0.15) is 20.3 Å². The molecule has 0 aromatic heterocycles. The van der Waals surface area contributed by atoms with E-state index < -0.39 is 0 Å². The van der Waals surface area contributed by atoms with Crippen LogP contribution in [0, 0.1) is 5.92 Å². The molecule has 15 heavy (non-hydrogen) atoms. The summed E-state index contributed by atoms with van der Waals surface area (Å²) >= 11 is 0. The van der Waals surface area contributed by atoms with Crippen LogP contribution in [0.4, 0.5) is 0 Å². The van der Waals surface area contributed by atoms with Gasteiger partial charge in [-0.2, -0.15) is 0 Å². The zero-order chi connectivity index (χ0) is 11.0. The largest absolute Gasteiger partial charge is 0.378 e. The fourth-order valence-electron chi connectivity index (χ4n) is 2.06. The van der Waals surface area contributed by atoms with Crippen LogP contribution in [0.3, 0.4) is 0 Å². The van der Waals surface area contributed by atoms with Gasteiger partial charge in [0.2, 0.25) is 0 Å². The minimum atomic E-state index is -0.184. The number of amides is 2. The molecule has 4 heteroatoms. The van der Waals surface area contributed by atoms with E-state index in [9.17, 15) is 9.59 Å². The third-order valence-corrected chi connectivity index (χ3v) is 3.14. The minimum Gasteiger partial charge on any atom is -0.378 e. The maximum atomic E-state index is 11.6. The van der Waals surface area contributed by atoms with Crippen molar-refractivity contribution in [2.24, 2.45) is 5.92 Å². The van der Waals surface area contributed by atoms with Crippen LogP contribution in [0.2, 0.25) is 0 Å². The molecule has 2 amide bonds. The number of hydrogen-bond acceptors (Lipinski definition) is 3. The SMILES string of the molecule is CC1=CC(=O)N(CC2CCOC2C)C1=O. The van der Waals surface area contributed by atoms with Gasteiger partial charge in [-0.15, -0.1) is 0 Å². The lowest BCUT2D eigenvalue weighted by Gasteiger charge is -2.21. The Labute approximate surface area is 88.9 Å². The highest BCUT2D eigenvalue weighted by Gasteiger charge is 2.34. The Morgan fingerprint density at radius 3 is 2.73 bits per heavy atom. The third-order valence-electron chi connectivity index (χ3n) is 3.14. The smallest absolute Gasteiger partial charge is 0.256 e. The molecule has 0 bridgehead atoms. The van der Waals surface area contributed by atoms with Gasteiger partial charge in [0.05, 0.1) is 6.10 Å². The van der Waals surface area contributed by atoms with Crippen molar-refractivity contribution in [3.63, 3.8) is 0 Å². The number of carbonyl (C=O) groups is 2. The van der Waals surface area contributed by atoms with Crippen molar-refractivity contribution in [2.75, 3.05) is 13.2 Å². The standard InChI is InChI=1S/C11H15NO3/c1-7-5-10(13)12(11(7)14)6-9-3-4-15-8(9)2/h5,8-9H,3-4,6H2,1-2H3. The number of carbonyl (C=O) groups excluding carboxylic acids is 2. The van der Waals surface area contributed by atoms with Gasteiger partial charge in [0.25, 0.3) is 11.8 Å². The molecule has 1 fully saturated rings. The summed E-state index contributed by atoms with van der Waals surface area (Å²) in [7, 11) is 0.